The van der Waals surface area contributed by atoms with Gasteiger partial charge in [-0.25, -0.2) is 18.2 Å². The molecule has 1 aromatic rings. The van der Waals surface area contributed by atoms with Gasteiger partial charge in [-0.2, -0.15) is 4.31 Å². The summed E-state index contributed by atoms with van der Waals surface area (Å²) in [4.78, 5) is 46.9. The van der Waals surface area contributed by atoms with Gasteiger partial charge in [0, 0.05) is 11.8 Å². The first-order valence-corrected chi connectivity index (χ1v) is 26.6. The van der Waals surface area contributed by atoms with Crippen molar-refractivity contribution in [1.82, 2.24) is 21.9 Å². The molecule has 0 bridgehead atoms. The Bertz CT molecular complexity index is 1530. The van der Waals surface area contributed by atoms with E-state index >= 15 is 0 Å². The number of nitrogens with one attached hydrogen (secondary N) is 1. The van der Waals surface area contributed by atoms with E-state index in [0.29, 0.717) is 12.8 Å². The van der Waals surface area contributed by atoms with Crippen LogP contribution in [-0.4, -0.2) is 44.8 Å². The van der Waals surface area contributed by atoms with E-state index < -0.39 is 53.4 Å². The highest BCUT2D eigenvalue weighted by molar-refractivity contribution is 7.68. The van der Waals surface area contributed by atoms with E-state index in [4.69, 9.17) is 18.1 Å². The highest BCUT2D eigenvalue weighted by Crippen LogP contribution is 2.69. The second kappa shape index (κ2) is 33.3. The summed E-state index contributed by atoms with van der Waals surface area (Å²) < 4.78 is 66.4. The van der Waals surface area contributed by atoms with Crippen molar-refractivity contribution in [2.45, 2.75) is 200 Å². The second-order valence-corrected chi connectivity index (χ2v) is 20.8. The van der Waals surface area contributed by atoms with Gasteiger partial charge in [0.2, 0.25) is 0 Å². The SMILES string of the molecule is CCCCCCCCCCCCCCCCCCP(=O)(OCCCCCCCCCCCC)OP(=O)(O)OP(=O)(O)OC[C@@H]1C=C[C@H](n2cc(C)c(=O)[nH]c2=O)O1.N.N. The fraction of sp³-hybridized carbons (Fsp3) is 0.850. The van der Waals surface area contributed by atoms with Gasteiger partial charge in [0.1, 0.15) is 6.10 Å². The van der Waals surface area contributed by atoms with Gasteiger partial charge >= 0.3 is 28.9 Å². The van der Waals surface area contributed by atoms with Gasteiger partial charge in [0.25, 0.3) is 5.56 Å². The first-order chi connectivity index (χ1) is 27.3. The Morgan fingerprint density at radius 3 is 1.54 bits per heavy atom. The highest BCUT2D eigenvalue weighted by Gasteiger charge is 2.42. The first-order valence-electron chi connectivity index (χ1n) is 21.9. The van der Waals surface area contributed by atoms with Crippen LogP contribution < -0.4 is 23.6 Å². The summed E-state index contributed by atoms with van der Waals surface area (Å²) in [6, 6.07) is 0. The summed E-state index contributed by atoms with van der Waals surface area (Å²) in [5.74, 6) is 0. The predicted octanol–water partition coefficient (Wildman–Crippen LogP) is 12.3. The molecule has 0 saturated heterocycles. The number of phosphoric ester groups is 1. The van der Waals surface area contributed by atoms with Crippen LogP contribution in [0.1, 0.15) is 193 Å². The standard InChI is InChI=1S/C40H75N2O12P3.2H3N/c1-4-6-8-10-12-14-16-17-18-19-20-21-23-25-27-29-33-55(45,50-32-28-26-24-22-15-13-11-9-7-5-2)53-57(48,49)54-56(46,47)51-35-37-30-31-38(52-37)42-34-36(3)39(43)41-40(42)44;;/h30-31,34,37-38H,4-29,32-33,35H2,1-3H3,(H,46,47)(H,48,49)(H,41,43,44);2*1H3/t37-,38+,55?;;/m0../s1. The van der Waals surface area contributed by atoms with Crippen LogP contribution in [-0.2, 0) is 36.1 Å². The fourth-order valence-electron chi connectivity index (χ4n) is 6.79. The Labute approximate surface area is 354 Å². The van der Waals surface area contributed by atoms with Crippen molar-refractivity contribution in [3.8, 4) is 0 Å². The summed E-state index contributed by atoms with van der Waals surface area (Å²) in [5, 5.41) is 0. The molecule has 5 atom stereocenters. The summed E-state index contributed by atoms with van der Waals surface area (Å²) in [5.41, 5.74) is -0.973. The number of hydrogen-bond donors (Lipinski definition) is 5. The lowest BCUT2D eigenvalue weighted by Crippen LogP contribution is -2.33. The number of nitrogens with zero attached hydrogens (tertiary/aromatic N) is 1. The van der Waals surface area contributed by atoms with Crippen molar-refractivity contribution in [1.29, 1.82) is 0 Å². The van der Waals surface area contributed by atoms with Gasteiger partial charge in [-0.15, -0.1) is 0 Å². The van der Waals surface area contributed by atoms with Crippen LogP contribution in [0.15, 0.2) is 27.9 Å². The lowest BCUT2D eigenvalue weighted by atomic mass is 10.0. The molecule has 1 aliphatic rings. The molecule has 0 aliphatic carbocycles. The van der Waals surface area contributed by atoms with Gasteiger partial charge in [-0.3, -0.25) is 23.4 Å². The molecule has 0 spiro atoms. The largest absolute Gasteiger partial charge is 0.488 e. The minimum absolute atomic E-state index is 0. The smallest absolute Gasteiger partial charge is 0.344 e. The maximum absolute atomic E-state index is 13.8. The molecule has 0 saturated carbocycles. The maximum atomic E-state index is 13.8. The third kappa shape index (κ3) is 27.4. The molecule has 19 heteroatoms. The van der Waals surface area contributed by atoms with Crippen LogP contribution in [0.4, 0.5) is 0 Å². The van der Waals surface area contributed by atoms with Crippen LogP contribution in [0, 0.1) is 6.92 Å². The van der Waals surface area contributed by atoms with Crippen molar-refractivity contribution in [2.24, 2.45) is 0 Å². The van der Waals surface area contributed by atoms with Crippen LogP contribution in [0.25, 0.3) is 0 Å². The summed E-state index contributed by atoms with van der Waals surface area (Å²) in [7, 11) is -14.9. The Morgan fingerprint density at radius 2 is 1.07 bits per heavy atom. The lowest BCUT2D eigenvalue weighted by molar-refractivity contribution is -0.0104. The molecule has 1 aliphatic heterocycles. The van der Waals surface area contributed by atoms with Crippen molar-refractivity contribution in [2.75, 3.05) is 19.4 Å². The number of aromatic nitrogens is 2. The molecule has 1 aromatic heterocycles. The predicted molar refractivity (Wildman–Crippen MR) is 237 cm³/mol. The summed E-state index contributed by atoms with van der Waals surface area (Å²) in [6.07, 6.45) is 31.7. The Balaban J connectivity index is 0.0000168. The van der Waals surface area contributed by atoms with E-state index in [-0.39, 0.29) is 30.6 Å². The molecule has 348 valence electrons. The maximum Gasteiger partial charge on any atom is 0.488 e. The monoisotopic (exact) mass is 903 g/mol. The molecule has 0 radical (unpaired) electrons. The molecule has 9 N–H and O–H groups in total. The molecule has 3 unspecified atom stereocenters. The zero-order valence-electron chi connectivity index (χ0n) is 36.6. The van der Waals surface area contributed by atoms with Crippen molar-refractivity contribution >= 4 is 23.2 Å². The average molecular weight is 903 g/mol. The Hall–Kier alpha value is -1.25. The van der Waals surface area contributed by atoms with Crippen molar-refractivity contribution < 1.29 is 45.9 Å². The molecule has 2 heterocycles. The van der Waals surface area contributed by atoms with E-state index in [1.165, 1.54) is 128 Å². The average Bonchev–Trinajstić information content (AvgIpc) is 3.62. The van der Waals surface area contributed by atoms with Gasteiger partial charge in [0.05, 0.1) is 19.4 Å². The number of aryl methyl sites for hydroxylation is 1. The zero-order chi connectivity index (χ0) is 41.8. The second-order valence-electron chi connectivity index (χ2n) is 15.5. The molecule has 16 nitrogen and oxygen atoms in total. The molecule has 0 fully saturated rings. The molecule has 59 heavy (non-hydrogen) atoms. The highest BCUT2D eigenvalue weighted by atomic mass is 31.3. The number of ether oxygens (including phenoxy) is 1. The van der Waals surface area contributed by atoms with Crippen LogP contribution in [0.5, 0.6) is 0 Å². The van der Waals surface area contributed by atoms with E-state index in [2.05, 4.69) is 23.1 Å². The minimum atomic E-state index is -5.41. The number of phosphoric acid groups is 2. The third-order valence-electron chi connectivity index (χ3n) is 10.1. The number of H-pyrrole nitrogens is 1. The Kier molecular flexibility index (Phi) is 32.6. The molecular formula is C40H81N4O12P3. The number of hydrogen-bond acceptors (Lipinski definition) is 12. The fourth-order valence-corrected chi connectivity index (χ4v) is 11.7. The lowest BCUT2D eigenvalue weighted by Gasteiger charge is -2.22. The van der Waals surface area contributed by atoms with Gasteiger partial charge in [-0.05, 0) is 25.8 Å². The van der Waals surface area contributed by atoms with E-state index in [0.717, 1.165) is 55.9 Å². The normalized spacial score (nSPS) is 18.1. The number of aromatic amines is 1. The topological polar surface area (TPSA) is 263 Å². The number of rotatable bonds is 37. The van der Waals surface area contributed by atoms with Gasteiger partial charge in [0.15, 0.2) is 6.23 Å². The van der Waals surface area contributed by atoms with Crippen LogP contribution >= 0.6 is 23.2 Å². The summed E-state index contributed by atoms with van der Waals surface area (Å²) in [6.45, 7) is 5.42. The quantitative estimate of drug-likeness (QED) is 0.0236. The van der Waals surface area contributed by atoms with Crippen LogP contribution in [0.3, 0.4) is 0 Å². The molecule has 0 aromatic carbocycles. The molecular weight excluding hydrogens is 821 g/mol. The van der Waals surface area contributed by atoms with Crippen LogP contribution in [0.2, 0.25) is 0 Å². The van der Waals surface area contributed by atoms with E-state index in [1.54, 1.807) is 0 Å². The third-order valence-corrected chi connectivity index (χ3v) is 15.5. The van der Waals surface area contributed by atoms with Crippen molar-refractivity contribution in [3.63, 3.8) is 0 Å². The van der Waals surface area contributed by atoms with E-state index in [1.807, 2.05) is 0 Å². The minimum Gasteiger partial charge on any atom is -0.344 e. The van der Waals surface area contributed by atoms with Gasteiger partial charge < -0.3 is 31.3 Å². The first kappa shape index (κ1) is 57.8. The van der Waals surface area contributed by atoms with Crippen molar-refractivity contribution in [3.05, 3.63) is 44.8 Å². The van der Waals surface area contributed by atoms with E-state index in [9.17, 15) is 33.1 Å². The van der Waals surface area contributed by atoms with Gasteiger partial charge in [-0.1, -0.05) is 174 Å². The molecule has 0 amide bonds. The Morgan fingerprint density at radius 1 is 0.627 bits per heavy atom. The summed E-state index contributed by atoms with van der Waals surface area (Å²) >= 11 is 0. The molecule has 2 rings (SSSR count). The zero-order valence-corrected chi connectivity index (χ0v) is 39.3. The number of unbranched alkanes of at least 4 members (excludes halogenated alkanes) is 24.